The van der Waals surface area contributed by atoms with E-state index in [1.54, 1.807) is 0 Å². The van der Waals surface area contributed by atoms with E-state index >= 15 is 0 Å². The summed E-state index contributed by atoms with van der Waals surface area (Å²) in [7, 11) is 0. The van der Waals surface area contributed by atoms with Crippen molar-refractivity contribution in [3.63, 3.8) is 0 Å². The Morgan fingerprint density at radius 1 is 1.24 bits per heavy atom. The summed E-state index contributed by atoms with van der Waals surface area (Å²) >= 11 is 0. The molecule has 21 heavy (non-hydrogen) atoms. The highest BCUT2D eigenvalue weighted by Gasteiger charge is 2.29. The van der Waals surface area contributed by atoms with Crippen LogP contribution in [0.1, 0.15) is 39.5 Å². The van der Waals surface area contributed by atoms with Gasteiger partial charge < -0.3 is 10.6 Å². The zero-order chi connectivity index (χ0) is 15.2. The molecule has 2 unspecified atom stereocenters. The van der Waals surface area contributed by atoms with Gasteiger partial charge in [-0.3, -0.25) is 15.0 Å². The fraction of sp³-hybridized carbons (Fsp3) is 0.867. The average molecular weight is 296 g/mol. The van der Waals surface area contributed by atoms with Crippen LogP contribution < -0.4 is 16.0 Å². The van der Waals surface area contributed by atoms with Gasteiger partial charge in [-0.25, -0.2) is 4.79 Å². The van der Waals surface area contributed by atoms with Gasteiger partial charge >= 0.3 is 6.03 Å². The number of imide groups is 1. The Labute approximate surface area is 127 Å². The molecule has 6 heteroatoms. The topological polar surface area (TPSA) is 73.5 Å². The Balaban J connectivity index is 1.65. The van der Waals surface area contributed by atoms with Crippen molar-refractivity contribution in [2.45, 2.75) is 51.6 Å². The van der Waals surface area contributed by atoms with Gasteiger partial charge in [0, 0.05) is 31.7 Å². The minimum atomic E-state index is -0.380. The third-order valence-electron chi connectivity index (χ3n) is 4.23. The third kappa shape index (κ3) is 5.63. The highest BCUT2D eigenvalue weighted by Crippen LogP contribution is 2.19. The van der Waals surface area contributed by atoms with E-state index in [1.807, 2.05) is 0 Å². The lowest BCUT2D eigenvalue weighted by Crippen LogP contribution is -2.46. The van der Waals surface area contributed by atoms with Crippen molar-refractivity contribution in [1.29, 1.82) is 0 Å². The van der Waals surface area contributed by atoms with Gasteiger partial charge in [0.05, 0.1) is 6.54 Å². The monoisotopic (exact) mass is 296 g/mol. The lowest BCUT2D eigenvalue weighted by molar-refractivity contribution is -0.121. The first-order chi connectivity index (χ1) is 10.0. The Kier molecular flexibility index (Phi) is 5.99. The largest absolute Gasteiger partial charge is 0.338 e. The smallest absolute Gasteiger partial charge is 0.321 e. The van der Waals surface area contributed by atoms with Gasteiger partial charge in [0.2, 0.25) is 5.91 Å². The number of amides is 3. The molecule has 0 aromatic heterocycles. The maximum Gasteiger partial charge on any atom is 0.321 e. The van der Waals surface area contributed by atoms with Crippen LogP contribution in [0.5, 0.6) is 0 Å². The molecule has 2 rings (SSSR count). The molecular formula is C15H28N4O2. The Hall–Kier alpha value is -1.14. The first-order valence-corrected chi connectivity index (χ1v) is 8.09. The molecule has 0 aromatic carbocycles. The Morgan fingerprint density at radius 2 is 2.00 bits per heavy atom. The minimum Gasteiger partial charge on any atom is -0.338 e. The van der Waals surface area contributed by atoms with Gasteiger partial charge in [-0.1, -0.05) is 13.8 Å². The lowest BCUT2D eigenvalue weighted by atomic mass is 10.1. The summed E-state index contributed by atoms with van der Waals surface area (Å²) in [6.45, 7) is 6.95. The van der Waals surface area contributed by atoms with Crippen molar-refractivity contribution >= 4 is 11.9 Å². The van der Waals surface area contributed by atoms with E-state index in [1.165, 1.54) is 12.8 Å². The summed E-state index contributed by atoms with van der Waals surface area (Å²) in [5.74, 6) is 0.329. The van der Waals surface area contributed by atoms with Crippen LogP contribution in [0, 0.1) is 5.92 Å². The number of hydrogen-bond donors (Lipinski definition) is 3. The number of nitrogens with zero attached hydrogens (tertiary/aromatic N) is 1. The second kappa shape index (κ2) is 7.75. The van der Waals surface area contributed by atoms with Gasteiger partial charge in [-0.05, 0) is 31.6 Å². The number of hydrogen-bond acceptors (Lipinski definition) is 4. The van der Waals surface area contributed by atoms with E-state index < -0.39 is 0 Å². The van der Waals surface area contributed by atoms with Crippen LogP contribution in [0.2, 0.25) is 0 Å². The number of nitrogens with one attached hydrogen (secondary N) is 3. The van der Waals surface area contributed by atoms with E-state index in [0.717, 1.165) is 25.9 Å². The van der Waals surface area contributed by atoms with Crippen molar-refractivity contribution in [2.75, 3.05) is 26.2 Å². The van der Waals surface area contributed by atoms with Crippen LogP contribution in [-0.2, 0) is 4.79 Å². The molecule has 2 aliphatic heterocycles. The SMILES string of the molecule is CC(C)CCNC(=O)NC(=O)CN1CCC2CCC(C1)N2. The zero-order valence-electron chi connectivity index (χ0n) is 13.2. The first-order valence-electron chi connectivity index (χ1n) is 8.09. The summed E-state index contributed by atoms with van der Waals surface area (Å²) in [6, 6.07) is 0.739. The average Bonchev–Trinajstić information content (AvgIpc) is 2.72. The van der Waals surface area contributed by atoms with Gasteiger partial charge in [0.1, 0.15) is 0 Å². The van der Waals surface area contributed by atoms with Crippen LogP contribution in [0.4, 0.5) is 4.79 Å². The van der Waals surface area contributed by atoms with E-state index in [2.05, 4.69) is 34.7 Å². The number of rotatable bonds is 5. The van der Waals surface area contributed by atoms with E-state index in [-0.39, 0.29) is 11.9 Å². The molecule has 2 heterocycles. The summed E-state index contributed by atoms with van der Waals surface area (Å²) in [4.78, 5) is 25.6. The quantitative estimate of drug-likeness (QED) is 0.698. The van der Waals surface area contributed by atoms with Crippen molar-refractivity contribution in [3.8, 4) is 0 Å². The zero-order valence-corrected chi connectivity index (χ0v) is 13.2. The van der Waals surface area contributed by atoms with E-state index in [4.69, 9.17) is 0 Å². The summed E-state index contributed by atoms with van der Waals surface area (Å²) in [5.41, 5.74) is 0. The van der Waals surface area contributed by atoms with Crippen LogP contribution in [0.25, 0.3) is 0 Å². The predicted octanol–water partition coefficient (Wildman–Crippen LogP) is 0.685. The molecule has 3 N–H and O–H groups in total. The third-order valence-corrected chi connectivity index (χ3v) is 4.23. The highest BCUT2D eigenvalue weighted by atomic mass is 16.2. The van der Waals surface area contributed by atoms with Crippen LogP contribution >= 0.6 is 0 Å². The molecule has 0 saturated carbocycles. The van der Waals surface area contributed by atoms with Crippen molar-refractivity contribution < 1.29 is 9.59 Å². The molecule has 2 atom stereocenters. The number of fused-ring (bicyclic) bond motifs is 2. The Bertz CT molecular complexity index is 373. The fourth-order valence-corrected chi connectivity index (χ4v) is 3.05. The fourth-order valence-electron chi connectivity index (χ4n) is 3.05. The van der Waals surface area contributed by atoms with Crippen LogP contribution in [0.3, 0.4) is 0 Å². The molecule has 2 fully saturated rings. The molecule has 120 valence electrons. The van der Waals surface area contributed by atoms with Gasteiger partial charge in [0.15, 0.2) is 0 Å². The maximum absolute atomic E-state index is 11.9. The molecule has 0 aliphatic carbocycles. The van der Waals surface area contributed by atoms with E-state index in [0.29, 0.717) is 31.1 Å². The van der Waals surface area contributed by atoms with E-state index in [9.17, 15) is 9.59 Å². The van der Waals surface area contributed by atoms with Crippen LogP contribution in [0.15, 0.2) is 0 Å². The highest BCUT2D eigenvalue weighted by molar-refractivity contribution is 5.95. The number of carbonyl (C=O) groups excluding carboxylic acids is 2. The number of likely N-dealkylation sites (tertiary alicyclic amines) is 1. The standard InChI is InChI=1S/C15H28N4O2/c1-11(2)5-7-16-15(21)18-14(20)10-19-8-6-12-3-4-13(9-19)17-12/h11-13,17H,3-10H2,1-2H3,(H2,16,18,20,21). The van der Waals surface area contributed by atoms with Gasteiger partial charge in [-0.2, -0.15) is 0 Å². The maximum atomic E-state index is 11.9. The molecule has 2 bridgehead atoms. The van der Waals surface area contributed by atoms with Crippen molar-refractivity contribution in [3.05, 3.63) is 0 Å². The van der Waals surface area contributed by atoms with Gasteiger partial charge in [-0.15, -0.1) is 0 Å². The molecule has 6 nitrogen and oxygen atoms in total. The molecule has 2 aliphatic rings. The molecular weight excluding hydrogens is 268 g/mol. The molecule has 3 amide bonds. The molecule has 0 spiro atoms. The predicted molar refractivity (Wildman–Crippen MR) is 82.0 cm³/mol. The summed E-state index contributed by atoms with van der Waals surface area (Å²) in [6.07, 6.45) is 4.45. The molecule has 0 radical (unpaired) electrons. The number of carbonyl (C=O) groups is 2. The van der Waals surface area contributed by atoms with Crippen molar-refractivity contribution in [1.82, 2.24) is 20.9 Å². The van der Waals surface area contributed by atoms with Crippen molar-refractivity contribution in [2.24, 2.45) is 5.92 Å². The molecule has 0 aromatic rings. The lowest BCUT2D eigenvalue weighted by Gasteiger charge is -2.23. The second-order valence-electron chi connectivity index (χ2n) is 6.65. The summed E-state index contributed by atoms with van der Waals surface area (Å²) < 4.78 is 0. The Morgan fingerprint density at radius 3 is 2.76 bits per heavy atom. The summed E-state index contributed by atoms with van der Waals surface area (Å²) in [5, 5.41) is 8.72. The second-order valence-corrected chi connectivity index (χ2v) is 6.65. The molecule has 2 saturated heterocycles. The number of urea groups is 1. The minimum absolute atomic E-state index is 0.213. The van der Waals surface area contributed by atoms with Crippen LogP contribution in [-0.4, -0.2) is 55.1 Å². The normalized spacial score (nSPS) is 25.7. The van der Waals surface area contributed by atoms with Gasteiger partial charge in [0.25, 0.3) is 0 Å². The first kappa shape index (κ1) is 16.2.